The van der Waals surface area contributed by atoms with Crippen molar-refractivity contribution < 1.29 is 61.4 Å². The second kappa shape index (κ2) is 52.0. The van der Waals surface area contributed by atoms with Crippen molar-refractivity contribution in [3.63, 3.8) is 0 Å². The third-order valence-corrected chi connectivity index (χ3v) is 24.7. The molecule has 2 fully saturated rings. The Kier molecular flexibility index (Phi) is 39.4. The van der Waals surface area contributed by atoms with E-state index in [1.54, 1.807) is 127 Å². The van der Waals surface area contributed by atoms with Gasteiger partial charge in [0.05, 0.1) is 198 Å². The smallest absolute Gasteiger partial charge is 0.150 e. The zero-order chi connectivity index (χ0) is 98.2. The number of aliphatic hydroxyl groups is 1. The van der Waals surface area contributed by atoms with E-state index in [9.17, 15) is 18.7 Å². The van der Waals surface area contributed by atoms with Crippen LogP contribution in [0.5, 0.6) is 46.0 Å². The molecule has 0 amide bonds. The number of anilines is 8. The van der Waals surface area contributed by atoms with Crippen molar-refractivity contribution in [3.05, 3.63) is 220 Å². The zero-order valence-corrected chi connectivity index (χ0v) is 82.0. The molecule has 0 bridgehead atoms. The number of oxime groups is 1. The number of ether oxygens (including phenoxy) is 9. The highest BCUT2D eigenvalue weighted by molar-refractivity contribution is 7.90. The zero-order valence-electron chi connectivity index (χ0n) is 81.1. The highest BCUT2D eigenvalue weighted by atomic mass is 32.2. The molecule has 8 aromatic carbocycles. The molecule has 0 radical (unpaired) electrons. The number of methoxy groups -OCH3 is 8. The minimum atomic E-state index is -3.08. The molecule has 2 saturated heterocycles. The fourth-order valence-electron chi connectivity index (χ4n) is 16.4. The Morgan fingerprint density at radius 3 is 1.15 bits per heavy atom. The SMILES string of the molecule is C.C.C.C.CCNCCN(c1cc(OC)cc(OC)c1)c1ccc2ncc(-c3cnn(C)c3)nc2c1.COc1cc(OC)cc(N(C/C(C)=N\O)c2ccc3ncc(-c4cnn(C)c4)nc3c2)c1.COc1cc(OC)cc(N(CCCN2CCCC2)c2ccc3ncc(-c4cnn(C5CCCCO5)c4)nc3c2)c1.COc1cc(OC)cc(N(CCCO)c2ccc3ncc(-c4cnn(CCS(C)(=O)=O)c4)nc3c2)c1. The predicted molar refractivity (Wildman–Crippen MR) is 572 cm³/mol. The van der Waals surface area contributed by atoms with Gasteiger partial charge in [-0.15, -0.1) is 0 Å². The molecular weight excluding hydrogens is 1850 g/mol. The maximum atomic E-state index is 11.5. The molecular formula is C107H135N23O13S. The first-order valence-electron chi connectivity index (χ1n) is 46.3. The van der Waals surface area contributed by atoms with Gasteiger partial charge >= 0.3 is 0 Å². The van der Waals surface area contributed by atoms with E-state index < -0.39 is 9.84 Å². The van der Waals surface area contributed by atoms with Crippen molar-refractivity contribution in [2.75, 3.05) is 161 Å². The van der Waals surface area contributed by atoms with E-state index in [0.717, 1.165) is 211 Å². The quantitative estimate of drug-likeness (QED) is 0.0141. The number of aromatic nitrogens is 16. The molecule has 1 atom stereocenters. The molecule has 1 unspecified atom stereocenters. The first kappa shape index (κ1) is 109. The van der Waals surface area contributed by atoms with E-state index in [1.165, 1.54) is 32.2 Å². The summed E-state index contributed by atoms with van der Waals surface area (Å²) in [6.45, 7) is 12.7. The number of aliphatic hydroxyl groups excluding tert-OH is 1. The molecule has 36 nitrogen and oxygen atoms in total. The van der Waals surface area contributed by atoms with Crippen LogP contribution in [0.1, 0.15) is 94.7 Å². The highest BCUT2D eigenvalue weighted by Gasteiger charge is 2.25. The summed E-state index contributed by atoms with van der Waals surface area (Å²) >= 11 is 0. The molecule has 2 aliphatic heterocycles. The lowest BCUT2D eigenvalue weighted by atomic mass is 10.1. The number of benzene rings is 8. The molecule has 0 spiro atoms. The molecule has 0 aliphatic carbocycles. The molecule has 8 aromatic heterocycles. The van der Waals surface area contributed by atoms with Gasteiger partial charge in [-0.3, -0.25) is 34.0 Å². The summed E-state index contributed by atoms with van der Waals surface area (Å²) in [5.41, 5.74) is 20.8. The summed E-state index contributed by atoms with van der Waals surface area (Å²) in [6, 6.07) is 47.2. The number of aryl methyl sites for hydroxylation is 3. The topological polar surface area (TPSA) is 373 Å². The fourth-order valence-corrected chi connectivity index (χ4v) is 17.0. The number of hydrogen-bond acceptors (Lipinski definition) is 32. The molecule has 16 aromatic rings. The fraction of sp³-hybridized carbons (Fsp3) is 0.355. The maximum absolute atomic E-state index is 11.5. The van der Waals surface area contributed by atoms with Gasteiger partial charge in [-0.1, -0.05) is 41.8 Å². The number of rotatable bonds is 37. The molecule has 3 N–H and O–H groups in total. The lowest BCUT2D eigenvalue weighted by molar-refractivity contribution is -0.0394. The van der Waals surface area contributed by atoms with Crippen LogP contribution in [-0.2, 0) is 35.2 Å². The van der Waals surface area contributed by atoms with Crippen LogP contribution < -0.4 is 62.8 Å². The van der Waals surface area contributed by atoms with E-state index in [0.29, 0.717) is 59.4 Å². The summed E-state index contributed by atoms with van der Waals surface area (Å²) in [7, 11) is 13.8. The lowest BCUT2D eigenvalue weighted by Crippen LogP contribution is -2.28. The van der Waals surface area contributed by atoms with Crippen LogP contribution in [0.25, 0.3) is 89.2 Å². The summed E-state index contributed by atoms with van der Waals surface area (Å²) in [4.78, 5) is 49.0. The van der Waals surface area contributed by atoms with Crippen molar-refractivity contribution in [3.8, 4) is 91.0 Å². The van der Waals surface area contributed by atoms with Crippen molar-refractivity contribution in [2.45, 2.75) is 101 Å². The normalized spacial score (nSPS) is 12.8. The minimum Gasteiger partial charge on any atom is -0.497 e. The number of nitrogens with zero attached hydrogens (tertiary/aromatic N) is 22. The third kappa shape index (κ3) is 28.2. The Bertz CT molecular complexity index is 6940. The Balaban J connectivity index is 0.000000182. The molecule has 762 valence electrons. The third-order valence-electron chi connectivity index (χ3n) is 23.8. The maximum Gasteiger partial charge on any atom is 0.150 e. The van der Waals surface area contributed by atoms with Crippen LogP contribution in [0.4, 0.5) is 45.5 Å². The highest BCUT2D eigenvalue weighted by Crippen LogP contribution is 2.41. The van der Waals surface area contributed by atoms with Crippen LogP contribution >= 0.6 is 0 Å². The Labute approximate surface area is 843 Å². The first-order valence-corrected chi connectivity index (χ1v) is 48.3. The monoisotopic (exact) mass is 1980 g/mol. The summed E-state index contributed by atoms with van der Waals surface area (Å²) in [5.74, 6) is 5.66. The van der Waals surface area contributed by atoms with E-state index in [2.05, 4.69) is 109 Å². The van der Waals surface area contributed by atoms with E-state index >= 15 is 0 Å². The van der Waals surface area contributed by atoms with Crippen molar-refractivity contribution >= 4 is 105 Å². The van der Waals surface area contributed by atoms with Crippen molar-refractivity contribution in [1.29, 1.82) is 0 Å². The van der Waals surface area contributed by atoms with E-state index in [-0.39, 0.29) is 54.8 Å². The summed E-state index contributed by atoms with van der Waals surface area (Å²) < 4.78 is 79.7. The van der Waals surface area contributed by atoms with Crippen LogP contribution in [0.3, 0.4) is 0 Å². The van der Waals surface area contributed by atoms with Gasteiger partial charge in [-0.25, -0.2) is 33.0 Å². The molecule has 2 aliphatic rings. The Morgan fingerprint density at radius 1 is 0.431 bits per heavy atom. The molecule has 37 heteroatoms. The van der Waals surface area contributed by atoms with Gasteiger partial charge in [0.2, 0.25) is 0 Å². The Morgan fingerprint density at radius 2 is 0.792 bits per heavy atom. The average molecular weight is 1980 g/mol. The standard InChI is InChI=1S/C31H38N6O3.C25H29N5O5S.C24H28N6O2.C23H24N6O3.4CH4/c1-38-26-16-25(17-27(19-26)39-2)36(14-7-13-35-11-4-5-12-35)24-9-10-28-29(18-24)34-30(21-32-28)23-20-33-37(22-23)31-8-3-6-15-40-31;1-34-21-11-20(12-22(14-21)35-2)30(7-4-9-31)19-5-6-23-24(13-19)28-25(16-26-23)18-15-27-29(17-18)8-10-36(3,32)33;1-5-25-8-9-30(19-10-20(31-3)13-21(11-19)32-4)18-6-7-22-23(12-18)28-24(15-26-22)17-14-27-29(2)16-17;1-15(27-30)13-29(18-7-19(31-3)10-20(8-18)32-4)17-5-6-21-22(9-17)26-23(12-24-21)16-11-25-28(2)14-16;;;;/h9-10,16-22,31H,3-8,11-15H2,1-2H3;5-6,11-17,31H,4,7-10H2,1-3H3;6-7,10-16,25H,5,8-9H2,1-4H3;5-12,14,30H,13H2,1-4H3;4*1H4/b;;;27-15-;;;;. The Hall–Kier alpha value is -15.2. The molecule has 10 heterocycles. The number of nitrogens with one attached hydrogen (secondary N) is 1. The van der Waals surface area contributed by atoms with Crippen LogP contribution in [0, 0.1) is 0 Å². The molecule has 0 saturated carbocycles. The molecule has 18 rings (SSSR count). The number of likely N-dealkylation sites (N-methyl/N-ethyl adjacent to an activating group) is 1. The number of sulfone groups is 1. The minimum absolute atomic E-state index is 0. The van der Waals surface area contributed by atoms with E-state index in [1.807, 2.05) is 158 Å². The van der Waals surface area contributed by atoms with Gasteiger partial charge in [-0.05, 0) is 151 Å². The second-order valence-corrected chi connectivity index (χ2v) is 35.9. The van der Waals surface area contributed by atoms with Gasteiger partial charge in [0, 0.05) is 225 Å². The average Bonchev–Trinajstić information content (AvgIpc) is 1.26. The van der Waals surface area contributed by atoms with E-state index in [4.69, 9.17) is 67.6 Å². The van der Waals surface area contributed by atoms with Crippen LogP contribution in [0.2, 0.25) is 0 Å². The number of hydrogen-bond donors (Lipinski definition) is 3. The lowest BCUT2D eigenvalue weighted by Gasteiger charge is -2.27. The summed E-state index contributed by atoms with van der Waals surface area (Å²) in [6.07, 6.45) is 30.4. The van der Waals surface area contributed by atoms with Crippen LogP contribution in [-0.4, -0.2) is 249 Å². The van der Waals surface area contributed by atoms with Crippen molar-refractivity contribution in [1.82, 2.24) is 89.2 Å². The van der Waals surface area contributed by atoms with Gasteiger partial charge < -0.3 is 82.8 Å². The second-order valence-electron chi connectivity index (χ2n) is 33.7. The first-order chi connectivity index (χ1) is 68.1. The number of likely N-dealkylation sites (tertiary alicyclic amines) is 1. The molecule has 144 heavy (non-hydrogen) atoms. The van der Waals surface area contributed by atoms with Gasteiger partial charge in [0.15, 0.2) is 0 Å². The van der Waals surface area contributed by atoms with Gasteiger partial charge in [0.25, 0.3) is 0 Å². The summed E-state index contributed by atoms with van der Waals surface area (Å²) in [5, 5.41) is 42.8. The van der Waals surface area contributed by atoms with Crippen molar-refractivity contribution in [2.24, 2.45) is 19.3 Å². The predicted octanol–water partition coefficient (Wildman–Crippen LogP) is 19.3. The number of fused-ring (bicyclic) bond motifs is 4. The van der Waals surface area contributed by atoms with Gasteiger partial charge in [0.1, 0.15) is 62.1 Å². The largest absolute Gasteiger partial charge is 0.497 e. The van der Waals surface area contributed by atoms with Gasteiger partial charge in [-0.2, -0.15) is 20.4 Å². The van der Waals surface area contributed by atoms with Crippen LogP contribution in [0.15, 0.2) is 225 Å².